The summed E-state index contributed by atoms with van der Waals surface area (Å²) in [4.78, 5) is 25.4. The molecular weight excluding hydrogens is 313 g/mol. The number of halogens is 1. The molecule has 0 saturated carbocycles. The van der Waals surface area contributed by atoms with Crippen LogP contribution in [0.2, 0.25) is 0 Å². The Kier molecular flexibility index (Phi) is 4.33. The normalized spacial score (nSPS) is 17.5. The van der Waals surface area contributed by atoms with E-state index in [0.717, 1.165) is 16.9 Å². The number of amides is 3. The largest absolute Gasteiger partial charge is 0.356 e. The Labute approximate surface area is 138 Å². The number of hydrogen-bond acceptors (Lipinski definition) is 4. The van der Waals surface area contributed by atoms with Gasteiger partial charge in [-0.1, -0.05) is 18.5 Å². The maximum atomic E-state index is 13.0. The number of carbonyl (C=O) groups excluding carboxylic acids is 2. The molecule has 0 spiro atoms. The van der Waals surface area contributed by atoms with Crippen molar-refractivity contribution < 1.29 is 18.5 Å². The lowest BCUT2D eigenvalue weighted by atomic mass is 10.1. The van der Waals surface area contributed by atoms with Crippen LogP contribution in [0.3, 0.4) is 0 Å². The highest BCUT2D eigenvalue weighted by molar-refractivity contribution is 6.04. The van der Waals surface area contributed by atoms with Crippen LogP contribution in [0.1, 0.15) is 31.0 Å². The third kappa shape index (κ3) is 2.89. The predicted octanol–water partition coefficient (Wildman–Crippen LogP) is 3.01. The summed E-state index contributed by atoms with van der Waals surface area (Å²) < 4.78 is 18.4. The van der Waals surface area contributed by atoms with Crippen molar-refractivity contribution >= 4 is 11.9 Å². The van der Waals surface area contributed by atoms with E-state index in [1.54, 1.807) is 19.1 Å². The van der Waals surface area contributed by atoms with E-state index in [2.05, 4.69) is 10.5 Å². The Balaban J connectivity index is 1.81. The Morgan fingerprint density at radius 2 is 2.00 bits per heavy atom. The number of aromatic nitrogens is 1. The summed E-state index contributed by atoms with van der Waals surface area (Å²) in [6, 6.07) is 4.98. The molecule has 0 bridgehead atoms. The van der Waals surface area contributed by atoms with E-state index in [-0.39, 0.29) is 18.3 Å². The Morgan fingerprint density at radius 1 is 1.29 bits per heavy atom. The molecule has 1 aromatic carbocycles. The van der Waals surface area contributed by atoms with E-state index in [0.29, 0.717) is 23.4 Å². The molecule has 6 nitrogen and oxygen atoms in total. The maximum absolute atomic E-state index is 13.0. The van der Waals surface area contributed by atoms with Gasteiger partial charge in [0.2, 0.25) is 0 Å². The maximum Gasteiger partial charge on any atom is 0.325 e. The minimum absolute atomic E-state index is 0.0570. The van der Waals surface area contributed by atoms with Crippen LogP contribution in [0.15, 0.2) is 28.8 Å². The first-order chi connectivity index (χ1) is 11.5. The zero-order valence-corrected chi connectivity index (χ0v) is 13.5. The number of nitrogens with one attached hydrogen (secondary N) is 1. The molecule has 1 aliphatic heterocycles. The number of nitrogens with zero attached hydrogens (tertiary/aromatic N) is 2. The molecule has 1 atom stereocenters. The molecule has 1 aliphatic rings. The van der Waals surface area contributed by atoms with Crippen LogP contribution in [-0.4, -0.2) is 28.0 Å². The van der Waals surface area contributed by atoms with Crippen LogP contribution < -0.4 is 5.32 Å². The van der Waals surface area contributed by atoms with Crippen molar-refractivity contribution in [3.63, 3.8) is 0 Å². The third-order valence-electron chi connectivity index (χ3n) is 4.12. The molecule has 0 radical (unpaired) electrons. The van der Waals surface area contributed by atoms with Gasteiger partial charge in [-0.15, -0.1) is 0 Å². The molecule has 1 saturated heterocycles. The van der Waals surface area contributed by atoms with E-state index in [4.69, 9.17) is 4.52 Å². The lowest BCUT2D eigenvalue weighted by Gasteiger charge is -2.11. The number of imide groups is 1. The van der Waals surface area contributed by atoms with Gasteiger partial charge in [-0.3, -0.25) is 9.69 Å². The summed E-state index contributed by atoms with van der Waals surface area (Å²) in [5.74, 6) is -0.0767. The Morgan fingerprint density at radius 3 is 2.67 bits per heavy atom. The molecule has 2 aromatic rings. The fourth-order valence-electron chi connectivity index (χ4n) is 2.75. The van der Waals surface area contributed by atoms with Crippen molar-refractivity contribution in [2.75, 3.05) is 0 Å². The molecule has 0 unspecified atom stereocenters. The van der Waals surface area contributed by atoms with Gasteiger partial charge in [0, 0.05) is 11.1 Å². The van der Waals surface area contributed by atoms with E-state index in [1.807, 2.05) is 6.92 Å². The topological polar surface area (TPSA) is 75.4 Å². The Hall–Kier alpha value is -2.70. The van der Waals surface area contributed by atoms with Crippen molar-refractivity contribution in [2.45, 2.75) is 39.3 Å². The zero-order chi connectivity index (χ0) is 17.3. The molecule has 24 heavy (non-hydrogen) atoms. The molecule has 126 valence electrons. The average Bonchev–Trinajstić information content (AvgIpc) is 3.04. The molecule has 3 amide bonds. The van der Waals surface area contributed by atoms with E-state index in [9.17, 15) is 14.0 Å². The standard InChI is InChI=1S/C17H18FN3O3/c1-3-4-13-16(22)21(17(23)19-13)9-14-10(2)15(24-20-14)11-5-7-12(18)8-6-11/h5-8,13H,3-4,9H2,1-2H3,(H,19,23)/t13-/m1/s1. The smallest absolute Gasteiger partial charge is 0.325 e. The Bertz CT molecular complexity index is 770. The van der Waals surface area contributed by atoms with Crippen LogP contribution in [0.4, 0.5) is 9.18 Å². The van der Waals surface area contributed by atoms with Gasteiger partial charge in [0.05, 0.1) is 6.54 Å². The third-order valence-corrected chi connectivity index (χ3v) is 4.12. The minimum Gasteiger partial charge on any atom is -0.356 e. The van der Waals surface area contributed by atoms with Gasteiger partial charge < -0.3 is 9.84 Å². The highest BCUT2D eigenvalue weighted by atomic mass is 19.1. The van der Waals surface area contributed by atoms with Crippen LogP contribution in [-0.2, 0) is 11.3 Å². The molecule has 7 heteroatoms. The minimum atomic E-state index is -0.466. The number of benzene rings is 1. The van der Waals surface area contributed by atoms with Crippen LogP contribution in [0.25, 0.3) is 11.3 Å². The van der Waals surface area contributed by atoms with Crippen LogP contribution >= 0.6 is 0 Å². The summed E-state index contributed by atoms with van der Waals surface area (Å²) in [6.45, 7) is 3.81. The fourth-order valence-corrected chi connectivity index (χ4v) is 2.75. The van der Waals surface area contributed by atoms with Gasteiger partial charge in [-0.2, -0.15) is 0 Å². The second-order valence-corrected chi connectivity index (χ2v) is 5.81. The second-order valence-electron chi connectivity index (χ2n) is 5.81. The highest BCUT2D eigenvalue weighted by Crippen LogP contribution is 2.27. The van der Waals surface area contributed by atoms with E-state index >= 15 is 0 Å². The van der Waals surface area contributed by atoms with Crippen molar-refractivity contribution in [1.29, 1.82) is 0 Å². The lowest BCUT2D eigenvalue weighted by molar-refractivity contribution is -0.128. The lowest BCUT2D eigenvalue weighted by Crippen LogP contribution is -2.31. The van der Waals surface area contributed by atoms with Crippen molar-refractivity contribution in [3.05, 3.63) is 41.3 Å². The molecule has 1 aromatic heterocycles. The van der Waals surface area contributed by atoms with Crippen LogP contribution in [0.5, 0.6) is 0 Å². The van der Waals surface area contributed by atoms with Gasteiger partial charge in [0.1, 0.15) is 17.6 Å². The predicted molar refractivity (Wildman–Crippen MR) is 84.4 cm³/mol. The summed E-state index contributed by atoms with van der Waals surface area (Å²) in [6.07, 6.45) is 1.42. The second kappa shape index (κ2) is 6.43. The molecule has 2 heterocycles. The summed E-state index contributed by atoms with van der Waals surface area (Å²) in [5, 5.41) is 6.65. The van der Waals surface area contributed by atoms with Gasteiger partial charge >= 0.3 is 6.03 Å². The summed E-state index contributed by atoms with van der Waals surface area (Å²) in [5.41, 5.74) is 1.92. The SMILES string of the molecule is CCC[C@H]1NC(=O)N(Cc2noc(-c3ccc(F)cc3)c2C)C1=O. The van der Waals surface area contributed by atoms with Gasteiger partial charge in [0.15, 0.2) is 5.76 Å². The molecule has 1 N–H and O–H groups in total. The first-order valence-electron chi connectivity index (χ1n) is 7.84. The first-order valence-corrected chi connectivity index (χ1v) is 7.84. The van der Waals surface area contributed by atoms with Crippen molar-refractivity contribution in [2.24, 2.45) is 0 Å². The number of urea groups is 1. The van der Waals surface area contributed by atoms with Gasteiger partial charge in [0.25, 0.3) is 5.91 Å². The highest BCUT2D eigenvalue weighted by Gasteiger charge is 2.38. The quantitative estimate of drug-likeness (QED) is 0.855. The van der Waals surface area contributed by atoms with Crippen molar-refractivity contribution in [1.82, 2.24) is 15.4 Å². The number of hydrogen-bond donors (Lipinski definition) is 1. The molecule has 0 aliphatic carbocycles. The molecular formula is C17H18FN3O3. The van der Waals surface area contributed by atoms with Gasteiger partial charge in [-0.05, 0) is 37.6 Å². The zero-order valence-electron chi connectivity index (χ0n) is 13.5. The van der Waals surface area contributed by atoms with Crippen LogP contribution in [0, 0.1) is 12.7 Å². The van der Waals surface area contributed by atoms with Gasteiger partial charge in [-0.25, -0.2) is 9.18 Å². The van der Waals surface area contributed by atoms with E-state index < -0.39 is 12.1 Å². The summed E-state index contributed by atoms with van der Waals surface area (Å²) >= 11 is 0. The number of carbonyl (C=O) groups is 2. The summed E-state index contributed by atoms with van der Waals surface area (Å²) in [7, 11) is 0. The monoisotopic (exact) mass is 331 g/mol. The molecule has 3 rings (SSSR count). The number of rotatable bonds is 5. The average molecular weight is 331 g/mol. The van der Waals surface area contributed by atoms with E-state index in [1.165, 1.54) is 12.1 Å². The molecule has 1 fully saturated rings. The van der Waals surface area contributed by atoms with Crippen molar-refractivity contribution in [3.8, 4) is 11.3 Å². The fraction of sp³-hybridized carbons (Fsp3) is 0.353. The first kappa shape index (κ1) is 16.2.